The Morgan fingerprint density at radius 2 is 2.08 bits per heavy atom. The van der Waals surface area contributed by atoms with Crippen molar-refractivity contribution in [1.29, 1.82) is 0 Å². The second-order valence-electron chi connectivity index (χ2n) is 5.12. The maximum atomic E-state index is 2.55. The van der Waals surface area contributed by atoms with E-state index in [1.165, 1.54) is 43.4 Å². The number of likely N-dealkylation sites (tertiary alicyclic amines) is 1. The molecule has 1 fully saturated rings. The number of hydrogen-bond donors (Lipinski definition) is 0. The van der Waals surface area contributed by atoms with Gasteiger partial charge in [0.2, 0.25) is 0 Å². The quantitative estimate of drug-likeness (QED) is 0.601. The molecule has 2 heteroatoms. The minimum absolute atomic E-state index is 0.835. The number of rotatable bonds is 4. The lowest BCUT2D eigenvalue weighted by Gasteiger charge is -2.26. The summed E-state index contributed by atoms with van der Waals surface area (Å²) >= 11 is 0. The van der Waals surface area contributed by atoms with Crippen molar-refractivity contribution < 1.29 is 4.48 Å². The van der Waals surface area contributed by atoms with E-state index in [0.717, 1.165) is 6.04 Å². The number of unbranched alkanes of at least 4 members (excludes halogenated alkanes) is 1. The average molecular weight is 185 g/mol. The second kappa shape index (κ2) is 4.43. The highest BCUT2D eigenvalue weighted by Crippen LogP contribution is 2.18. The van der Waals surface area contributed by atoms with E-state index in [1.807, 2.05) is 0 Å². The van der Waals surface area contributed by atoms with Gasteiger partial charge in [0.05, 0.1) is 33.2 Å². The van der Waals surface area contributed by atoms with Gasteiger partial charge in [-0.2, -0.15) is 0 Å². The summed E-state index contributed by atoms with van der Waals surface area (Å²) in [5, 5.41) is 0. The molecule has 0 aliphatic carbocycles. The van der Waals surface area contributed by atoms with Crippen LogP contribution in [0.4, 0.5) is 0 Å². The SMILES string of the molecule is CCCCN(C)C1CC[N+](C)(C)C1. The predicted molar refractivity (Wildman–Crippen MR) is 57.8 cm³/mol. The highest BCUT2D eigenvalue weighted by molar-refractivity contribution is 4.73. The van der Waals surface area contributed by atoms with Crippen molar-refractivity contribution in [3.8, 4) is 0 Å². The molecular formula is C11H25N2+. The summed E-state index contributed by atoms with van der Waals surface area (Å²) in [5.41, 5.74) is 0. The highest BCUT2D eigenvalue weighted by atomic mass is 15.4. The molecule has 1 aliphatic heterocycles. The van der Waals surface area contributed by atoms with Crippen LogP contribution in [0.5, 0.6) is 0 Å². The van der Waals surface area contributed by atoms with E-state index >= 15 is 0 Å². The summed E-state index contributed by atoms with van der Waals surface area (Å²) in [6.45, 7) is 6.23. The molecule has 1 atom stereocenters. The molecule has 78 valence electrons. The largest absolute Gasteiger partial charge is 0.327 e. The normalized spacial score (nSPS) is 27.0. The number of likely N-dealkylation sites (N-methyl/N-ethyl adjacent to an activating group) is 2. The van der Waals surface area contributed by atoms with Crippen molar-refractivity contribution in [1.82, 2.24) is 4.90 Å². The van der Waals surface area contributed by atoms with Crippen molar-refractivity contribution in [3.05, 3.63) is 0 Å². The lowest BCUT2D eigenvalue weighted by Crippen LogP contribution is -2.41. The summed E-state index contributed by atoms with van der Waals surface area (Å²) in [6, 6.07) is 0.835. The standard InChI is InChI=1S/C11H25N2/c1-5-6-8-12(2)11-7-9-13(3,4)10-11/h11H,5-10H2,1-4H3/q+1. The summed E-state index contributed by atoms with van der Waals surface area (Å²) in [4.78, 5) is 2.55. The van der Waals surface area contributed by atoms with Crippen LogP contribution >= 0.6 is 0 Å². The molecule has 0 saturated carbocycles. The van der Waals surface area contributed by atoms with Crippen LogP contribution < -0.4 is 0 Å². The molecule has 1 aliphatic rings. The summed E-state index contributed by atoms with van der Waals surface area (Å²) < 4.78 is 1.21. The van der Waals surface area contributed by atoms with E-state index in [4.69, 9.17) is 0 Å². The zero-order valence-corrected chi connectivity index (χ0v) is 9.71. The van der Waals surface area contributed by atoms with Crippen LogP contribution in [0.15, 0.2) is 0 Å². The zero-order chi connectivity index (χ0) is 9.90. The highest BCUT2D eigenvalue weighted by Gasteiger charge is 2.32. The third kappa shape index (κ3) is 3.28. The maximum Gasteiger partial charge on any atom is 0.0942 e. The Bertz CT molecular complexity index is 154. The fourth-order valence-corrected chi connectivity index (χ4v) is 2.20. The molecule has 0 bridgehead atoms. The van der Waals surface area contributed by atoms with Crippen LogP contribution in [0.2, 0.25) is 0 Å². The van der Waals surface area contributed by atoms with E-state index in [-0.39, 0.29) is 0 Å². The van der Waals surface area contributed by atoms with Crippen molar-refractivity contribution in [2.24, 2.45) is 0 Å². The van der Waals surface area contributed by atoms with Crippen molar-refractivity contribution in [3.63, 3.8) is 0 Å². The third-order valence-electron chi connectivity index (χ3n) is 3.26. The van der Waals surface area contributed by atoms with Crippen LogP contribution in [0, 0.1) is 0 Å². The first-order valence-electron chi connectivity index (χ1n) is 5.57. The zero-order valence-electron chi connectivity index (χ0n) is 9.71. The molecular weight excluding hydrogens is 160 g/mol. The van der Waals surface area contributed by atoms with E-state index in [0.29, 0.717) is 0 Å². The van der Waals surface area contributed by atoms with E-state index in [2.05, 4.69) is 33.0 Å². The van der Waals surface area contributed by atoms with Crippen molar-refractivity contribution in [2.75, 3.05) is 40.8 Å². The molecule has 0 aromatic carbocycles. The van der Waals surface area contributed by atoms with Crippen LogP contribution in [0.3, 0.4) is 0 Å². The number of nitrogens with zero attached hydrogens (tertiary/aromatic N) is 2. The van der Waals surface area contributed by atoms with Gasteiger partial charge in [0.1, 0.15) is 0 Å². The molecule has 1 unspecified atom stereocenters. The molecule has 0 aromatic heterocycles. The minimum Gasteiger partial charge on any atom is -0.327 e. The number of hydrogen-bond acceptors (Lipinski definition) is 1. The Morgan fingerprint density at radius 3 is 2.54 bits per heavy atom. The van der Waals surface area contributed by atoms with Crippen LogP contribution in [-0.2, 0) is 0 Å². The molecule has 13 heavy (non-hydrogen) atoms. The first-order chi connectivity index (χ1) is 6.05. The van der Waals surface area contributed by atoms with Gasteiger partial charge in [-0.25, -0.2) is 0 Å². The lowest BCUT2D eigenvalue weighted by atomic mass is 10.2. The number of quaternary nitrogens is 1. The molecule has 0 spiro atoms. The summed E-state index contributed by atoms with van der Waals surface area (Å²) in [7, 11) is 6.97. The van der Waals surface area contributed by atoms with Gasteiger partial charge in [0.25, 0.3) is 0 Å². The Hall–Kier alpha value is -0.0800. The van der Waals surface area contributed by atoms with Crippen LogP contribution in [0.1, 0.15) is 26.2 Å². The molecule has 0 aromatic rings. The van der Waals surface area contributed by atoms with E-state index < -0.39 is 0 Å². The maximum absolute atomic E-state index is 2.55. The molecule has 0 amide bonds. The van der Waals surface area contributed by atoms with Gasteiger partial charge < -0.3 is 4.48 Å². The summed E-state index contributed by atoms with van der Waals surface area (Å²) in [5.74, 6) is 0. The van der Waals surface area contributed by atoms with Crippen LogP contribution in [-0.4, -0.2) is 56.2 Å². The fourth-order valence-electron chi connectivity index (χ4n) is 2.20. The van der Waals surface area contributed by atoms with E-state index in [1.54, 1.807) is 0 Å². The molecule has 1 saturated heterocycles. The van der Waals surface area contributed by atoms with Gasteiger partial charge in [-0.15, -0.1) is 0 Å². The van der Waals surface area contributed by atoms with Gasteiger partial charge in [-0.3, -0.25) is 4.90 Å². The monoisotopic (exact) mass is 185 g/mol. The Labute approximate surface area is 83.1 Å². The second-order valence-corrected chi connectivity index (χ2v) is 5.12. The first kappa shape index (κ1) is 11.0. The van der Waals surface area contributed by atoms with Gasteiger partial charge in [-0.1, -0.05) is 13.3 Å². The fraction of sp³-hybridized carbons (Fsp3) is 1.00. The topological polar surface area (TPSA) is 3.24 Å². The lowest BCUT2D eigenvalue weighted by molar-refractivity contribution is -0.878. The third-order valence-corrected chi connectivity index (χ3v) is 3.26. The molecule has 1 heterocycles. The van der Waals surface area contributed by atoms with Crippen molar-refractivity contribution in [2.45, 2.75) is 32.2 Å². The van der Waals surface area contributed by atoms with Crippen LogP contribution in [0.25, 0.3) is 0 Å². The Balaban J connectivity index is 2.29. The molecule has 0 radical (unpaired) electrons. The molecule has 2 nitrogen and oxygen atoms in total. The first-order valence-corrected chi connectivity index (χ1v) is 5.57. The Kier molecular flexibility index (Phi) is 3.74. The Morgan fingerprint density at radius 1 is 1.38 bits per heavy atom. The van der Waals surface area contributed by atoms with Gasteiger partial charge >= 0.3 is 0 Å². The minimum atomic E-state index is 0.835. The summed E-state index contributed by atoms with van der Waals surface area (Å²) in [6.07, 6.45) is 4.04. The van der Waals surface area contributed by atoms with Gasteiger partial charge in [-0.05, 0) is 20.0 Å². The smallest absolute Gasteiger partial charge is 0.0942 e. The van der Waals surface area contributed by atoms with Crippen molar-refractivity contribution >= 4 is 0 Å². The van der Waals surface area contributed by atoms with Gasteiger partial charge in [0, 0.05) is 6.42 Å². The molecule has 0 N–H and O–H groups in total. The average Bonchev–Trinajstić information content (AvgIpc) is 2.42. The molecule has 1 rings (SSSR count). The van der Waals surface area contributed by atoms with Gasteiger partial charge in [0.15, 0.2) is 0 Å². The van der Waals surface area contributed by atoms with E-state index in [9.17, 15) is 0 Å². The predicted octanol–water partition coefficient (Wildman–Crippen LogP) is 1.57.